The van der Waals surface area contributed by atoms with Crippen LogP contribution in [0, 0.1) is 11.8 Å². The Morgan fingerprint density at radius 2 is 2.11 bits per heavy atom. The summed E-state index contributed by atoms with van der Waals surface area (Å²) in [5, 5.41) is 4.46. The molecule has 7 heteroatoms. The van der Waals surface area contributed by atoms with Crippen molar-refractivity contribution in [2.75, 3.05) is 26.7 Å². The fourth-order valence-corrected chi connectivity index (χ4v) is 3.48. The third-order valence-electron chi connectivity index (χ3n) is 4.87. The maximum Gasteiger partial charge on any atom is 0.310 e. The van der Waals surface area contributed by atoms with Crippen LogP contribution in [0.15, 0.2) is 41.5 Å². The van der Waals surface area contributed by atoms with Crippen LogP contribution in [0.5, 0.6) is 0 Å². The first-order valence-corrected chi connectivity index (χ1v) is 9.07. The summed E-state index contributed by atoms with van der Waals surface area (Å²) in [7, 11) is 1.45. The number of carbonyl (C=O) groups is 1. The van der Waals surface area contributed by atoms with E-state index >= 15 is 0 Å². The monoisotopic (exact) mass is 482 g/mol. The first-order chi connectivity index (χ1) is 12.6. The van der Waals surface area contributed by atoms with Gasteiger partial charge in [-0.15, -0.1) is 24.0 Å². The number of esters is 1. The van der Waals surface area contributed by atoms with Crippen molar-refractivity contribution in [2.45, 2.75) is 20.4 Å². The molecule has 0 radical (unpaired) electrons. The average molecular weight is 482 g/mol. The smallest absolute Gasteiger partial charge is 0.310 e. The summed E-state index contributed by atoms with van der Waals surface area (Å²) in [4.78, 5) is 23.4. The van der Waals surface area contributed by atoms with E-state index < -0.39 is 0 Å². The Hall–Kier alpha value is -1.90. The molecular weight excluding hydrogens is 455 g/mol. The number of hydrogen-bond acceptors (Lipinski definition) is 4. The van der Waals surface area contributed by atoms with Crippen molar-refractivity contribution in [3.05, 3.63) is 42.1 Å². The van der Waals surface area contributed by atoms with Crippen LogP contribution in [0.1, 0.15) is 19.4 Å². The largest absolute Gasteiger partial charge is 0.469 e. The molecule has 1 aliphatic heterocycles. The number of benzene rings is 1. The van der Waals surface area contributed by atoms with Crippen LogP contribution < -0.4 is 5.32 Å². The quantitative estimate of drug-likeness (QED) is 0.314. The van der Waals surface area contributed by atoms with E-state index in [0.717, 1.165) is 35.5 Å². The number of aliphatic imine (C=N–C) groups is 1. The minimum atomic E-state index is -0.144. The number of guanidine groups is 1. The maximum atomic E-state index is 12.0. The number of carbonyl (C=O) groups excluding carboxylic acids is 1. The molecule has 2 heterocycles. The highest BCUT2D eigenvalue weighted by atomic mass is 127. The van der Waals surface area contributed by atoms with Crippen LogP contribution in [0.4, 0.5) is 0 Å². The number of pyridine rings is 1. The average Bonchev–Trinajstić information content (AvgIpc) is 3.06. The van der Waals surface area contributed by atoms with Crippen molar-refractivity contribution in [1.82, 2.24) is 15.2 Å². The number of likely N-dealkylation sites (tertiary alicyclic amines) is 1. The van der Waals surface area contributed by atoms with Gasteiger partial charge in [-0.3, -0.25) is 9.78 Å². The summed E-state index contributed by atoms with van der Waals surface area (Å²) in [5.74, 6) is 0.821. The Kier molecular flexibility index (Phi) is 7.82. The van der Waals surface area contributed by atoms with Gasteiger partial charge in [0, 0.05) is 31.2 Å². The number of para-hydroxylation sites is 1. The fraction of sp³-hybridized carbons (Fsp3) is 0.450. The fourth-order valence-electron chi connectivity index (χ4n) is 3.48. The van der Waals surface area contributed by atoms with Crippen molar-refractivity contribution in [3.63, 3.8) is 0 Å². The summed E-state index contributed by atoms with van der Waals surface area (Å²) in [6.07, 6.45) is 1.81. The molecule has 1 aromatic heterocycles. The lowest BCUT2D eigenvalue weighted by atomic mass is 9.99. The first-order valence-electron chi connectivity index (χ1n) is 9.07. The van der Waals surface area contributed by atoms with Crippen molar-refractivity contribution >= 4 is 46.8 Å². The molecule has 2 aromatic rings. The van der Waals surface area contributed by atoms with Crippen LogP contribution in [-0.4, -0.2) is 48.6 Å². The Balaban J connectivity index is 0.00000261. The van der Waals surface area contributed by atoms with Crippen LogP contribution in [0.2, 0.25) is 0 Å². The van der Waals surface area contributed by atoms with Gasteiger partial charge in [-0.25, -0.2) is 4.99 Å². The highest BCUT2D eigenvalue weighted by molar-refractivity contribution is 14.0. The molecule has 0 spiro atoms. The summed E-state index contributed by atoms with van der Waals surface area (Å²) in [6, 6.07) is 10.2. The molecule has 1 N–H and O–H groups in total. The maximum absolute atomic E-state index is 12.0. The Labute approximate surface area is 177 Å². The Morgan fingerprint density at radius 1 is 1.33 bits per heavy atom. The summed E-state index contributed by atoms with van der Waals surface area (Å²) < 4.78 is 4.94. The number of nitrogens with one attached hydrogen (secondary N) is 1. The van der Waals surface area contributed by atoms with E-state index in [1.807, 2.05) is 25.3 Å². The molecule has 0 bridgehead atoms. The second-order valence-corrected chi connectivity index (χ2v) is 6.67. The lowest BCUT2D eigenvalue weighted by molar-refractivity contribution is -0.145. The van der Waals surface area contributed by atoms with Crippen LogP contribution in [0.3, 0.4) is 0 Å². The Bertz CT molecular complexity index is 806. The number of rotatable bonds is 4. The van der Waals surface area contributed by atoms with Gasteiger partial charge < -0.3 is 15.0 Å². The standard InChI is InChI=1S/C20H26N4O2.HI/c1-4-21-20(24-12-14(2)17(13-24)19(25)26-3)23-11-16-8-5-7-15-9-6-10-22-18(15)16;/h5-10,14,17H,4,11-13H2,1-3H3,(H,21,23);1H. The topological polar surface area (TPSA) is 66.8 Å². The van der Waals surface area contributed by atoms with Crippen LogP contribution in [-0.2, 0) is 16.1 Å². The lowest BCUT2D eigenvalue weighted by Crippen LogP contribution is -2.40. The second-order valence-electron chi connectivity index (χ2n) is 6.67. The van der Waals surface area contributed by atoms with Crippen molar-refractivity contribution in [3.8, 4) is 0 Å². The minimum Gasteiger partial charge on any atom is -0.469 e. The molecule has 1 saturated heterocycles. The number of fused-ring (bicyclic) bond motifs is 1. The van der Waals surface area contributed by atoms with Crippen LogP contribution >= 0.6 is 24.0 Å². The van der Waals surface area contributed by atoms with E-state index in [1.165, 1.54) is 7.11 Å². The van der Waals surface area contributed by atoms with E-state index in [-0.39, 0.29) is 41.8 Å². The van der Waals surface area contributed by atoms with Crippen LogP contribution in [0.25, 0.3) is 10.9 Å². The molecule has 146 valence electrons. The van der Waals surface area contributed by atoms with E-state index in [0.29, 0.717) is 13.1 Å². The molecule has 27 heavy (non-hydrogen) atoms. The molecule has 2 unspecified atom stereocenters. The van der Waals surface area contributed by atoms with Gasteiger partial charge in [0.05, 0.1) is 25.1 Å². The summed E-state index contributed by atoms with van der Waals surface area (Å²) in [5.41, 5.74) is 2.08. The molecule has 0 aliphatic carbocycles. The van der Waals surface area contributed by atoms with Gasteiger partial charge in [-0.1, -0.05) is 31.2 Å². The third-order valence-corrected chi connectivity index (χ3v) is 4.87. The zero-order chi connectivity index (χ0) is 18.5. The number of nitrogens with zero attached hydrogens (tertiary/aromatic N) is 3. The van der Waals surface area contributed by atoms with Gasteiger partial charge in [0.1, 0.15) is 0 Å². The van der Waals surface area contributed by atoms with E-state index in [2.05, 4.69) is 40.3 Å². The van der Waals surface area contributed by atoms with Gasteiger partial charge in [-0.2, -0.15) is 0 Å². The molecule has 2 atom stereocenters. The number of halogens is 1. The third kappa shape index (κ3) is 4.88. The lowest BCUT2D eigenvalue weighted by Gasteiger charge is -2.21. The molecule has 1 aromatic carbocycles. The van der Waals surface area contributed by atoms with Gasteiger partial charge in [0.15, 0.2) is 5.96 Å². The predicted molar refractivity (Wildman–Crippen MR) is 118 cm³/mol. The van der Waals surface area contributed by atoms with E-state index in [1.54, 1.807) is 0 Å². The molecule has 1 fully saturated rings. The Morgan fingerprint density at radius 3 is 2.85 bits per heavy atom. The molecule has 3 rings (SSSR count). The zero-order valence-electron chi connectivity index (χ0n) is 16.0. The highest BCUT2D eigenvalue weighted by Gasteiger charge is 2.36. The van der Waals surface area contributed by atoms with E-state index in [9.17, 15) is 4.79 Å². The molecule has 6 nitrogen and oxygen atoms in total. The van der Waals surface area contributed by atoms with Crippen molar-refractivity contribution < 1.29 is 9.53 Å². The normalized spacial score (nSPS) is 19.7. The minimum absolute atomic E-state index is 0. The van der Waals surface area contributed by atoms with Gasteiger partial charge in [0.25, 0.3) is 0 Å². The molecule has 0 amide bonds. The molecule has 0 saturated carbocycles. The number of hydrogen-bond donors (Lipinski definition) is 1. The second kappa shape index (κ2) is 9.87. The molecular formula is C20H27IN4O2. The van der Waals surface area contributed by atoms with Gasteiger partial charge in [0.2, 0.25) is 0 Å². The highest BCUT2D eigenvalue weighted by Crippen LogP contribution is 2.24. The summed E-state index contributed by atoms with van der Waals surface area (Å²) >= 11 is 0. The zero-order valence-corrected chi connectivity index (χ0v) is 18.3. The van der Waals surface area contributed by atoms with Gasteiger partial charge >= 0.3 is 5.97 Å². The van der Waals surface area contributed by atoms with Crippen molar-refractivity contribution in [2.24, 2.45) is 16.8 Å². The number of aromatic nitrogens is 1. The number of ether oxygens (including phenoxy) is 1. The predicted octanol–water partition coefficient (Wildman–Crippen LogP) is 3.06. The number of methoxy groups -OCH3 is 1. The SMILES string of the molecule is CCNC(=NCc1cccc2cccnc12)N1CC(C)C(C(=O)OC)C1.I. The summed E-state index contributed by atoms with van der Waals surface area (Å²) in [6.45, 7) is 6.88. The van der Waals surface area contributed by atoms with Crippen molar-refractivity contribution in [1.29, 1.82) is 0 Å². The van der Waals surface area contributed by atoms with Gasteiger partial charge in [-0.05, 0) is 24.5 Å². The first kappa shape index (κ1) is 21.4. The van der Waals surface area contributed by atoms with E-state index in [4.69, 9.17) is 9.73 Å². The molecule has 1 aliphatic rings.